The van der Waals surface area contributed by atoms with Gasteiger partial charge < -0.3 is 4.57 Å². The monoisotopic (exact) mass is 269 g/mol. The molecule has 1 aromatic carbocycles. The average Bonchev–Trinajstić information content (AvgIpc) is 2.92. The second-order valence-electron chi connectivity index (χ2n) is 5.49. The van der Waals surface area contributed by atoms with Crippen LogP contribution >= 0.6 is 0 Å². The van der Waals surface area contributed by atoms with E-state index in [-0.39, 0.29) is 17.4 Å². The molecule has 3 rings (SSSR count). The molecule has 1 aliphatic heterocycles. The van der Waals surface area contributed by atoms with Crippen LogP contribution < -0.4 is 0 Å². The minimum atomic E-state index is -0.668. The van der Waals surface area contributed by atoms with E-state index >= 15 is 0 Å². The highest BCUT2D eigenvalue weighted by Crippen LogP contribution is 2.45. The molecule has 0 saturated heterocycles. The standard InChI is InChI=1S/C15H12FN3O/c1-15(2)13(19-8-18-7-12(19)14(15)20)9-3-4-10(6-17)11(16)5-9/h3-5,7-8,13H,1-2H3/t13-/m1/s1. The van der Waals surface area contributed by atoms with Gasteiger partial charge in [-0.25, -0.2) is 9.37 Å². The van der Waals surface area contributed by atoms with E-state index in [2.05, 4.69) is 4.98 Å². The summed E-state index contributed by atoms with van der Waals surface area (Å²) < 4.78 is 15.6. The zero-order valence-corrected chi connectivity index (χ0v) is 11.1. The number of nitriles is 1. The van der Waals surface area contributed by atoms with Gasteiger partial charge in [-0.05, 0) is 17.7 Å². The summed E-state index contributed by atoms with van der Waals surface area (Å²) in [5.41, 5.74) is 0.530. The van der Waals surface area contributed by atoms with Crippen molar-refractivity contribution in [2.24, 2.45) is 5.41 Å². The summed E-state index contributed by atoms with van der Waals surface area (Å²) in [7, 11) is 0. The van der Waals surface area contributed by atoms with E-state index in [1.807, 2.05) is 13.8 Å². The third kappa shape index (κ3) is 1.51. The van der Waals surface area contributed by atoms with Crippen LogP contribution in [-0.2, 0) is 0 Å². The molecule has 0 saturated carbocycles. The first-order valence-corrected chi connectivity index (χ1v) is 6.23. The Morgan fingerprint density at radius 3 is 2.85 bits per heavy atom. The zero-order chi connectivity index (χ0) is 14.5. The quantitative estimate of drug-likeness (QED) is 0.799. The molecule has 0 aliphatic carbocycles. The molecule has 0 fully saturated rings. The maximum Gasteiger partial charge on any atom is 0.188 e. The van der Waals surface area contributed by atoms with Crippen LogP contribution in [0.2, 0.25) is 0 Å². The highest BCUT2D eigenvalue weighted by Gasteiger charge is 2.47. The highest BCUT2D eigenvalue weighted by molar-refractivity contribution is 6.01. The molecule has 1 aliphatic rings. The molecule has 0 spiro atoms. The van der Waals surface area contributed by atoms with Gasteiger partial charge >= 0.3 is 0 Å². The zero-order valence-electron chi connectivity index (χ0n) is 11.1. The second-order valence-corrected chi connectivity index (χ2v) is 5.49. The summed E-state index contributed by atoms with van der Waals surface area (Å²) in [4.78, 5) is 16.4. The molecule has 0 N–H and O–H groups in total. The molecule has 0 unspecified atom stereocenters. The Bertz CT molecular complexity index is 755. The van der Waals surface area contributed by atoms with Crippen molar-refractivity contribution in [3.63, 3.8) is 0 Å². The van der Waals surface area contributed by atoms with Gasteiger partial charge in [0.2, 0.25) is 0 Å². The van der Waals surface area contributed by atoms with Crippen LogP contribution in [-0.4, -0.2) is 15.3 Å². The van der Waals surface area contributed by atoms with Gasteiger partial charge in [0.15, 0.2) is 5.78 Å². The molecule has 1 atom stereocenters. The topological polar surface area (TPSA) is 58.7 Å². The SMILES string of the molecule is CC1(C)C(=O)c2cncn2[C@@H]1c1ccc(C#N)c(F)c1. The van der Waals surface area contributed by atoms with Crippen molar-refractivity contribution in [2.75, 3.05) is 0 Å². The Hall–Kier alpha value is -2.48. The van der Waals surface area contributed by atoms with Gasteiger partial charge in [0.25, 0.3) is 0 Å². The van der Waals surface area contributed by atoms with Gasteiger partial charge in [-0.15, -0.1) is 0 Å². The van der Waals surface area contributed by atoms with Crippen LogP contribution in [0.25, 0.3) is 0 Å². The van der Waals surface area contributed by atoms with Crippen LogP contribution in [0.5, 0.6) is 0 Å². The molecular formula is C15H12FN3O. The van der Waals surface area contributed by atoms with Crippen molar-refractivity contribution >= 4 is 5.78 Å². The predicted molar refractivity (Wildman–Crippen MR) is 69.6 cm³/mol. The second kappa shape index (κ2) is 4.01. The maximum atomic E-state index is 13.8. The van der Waals surface area contributed by atoms with Crippen molar-refractivity contribution in [2.45, 2.75) is 19.9 Å². The Balaban J connectivity index is 2.17. The minimum absolute atomic E-state index is 0.00161. The van der Waals surface area contributed by atoms with Crippen molar-refractivity contribution in [3.05, 3.63) is 53.4 Å². The van der Waals surface area contributed by atoms with Crippen LogP contribution in [0.15, 0.2) is 30.7 Å². The molecule has 0 radical (unpaired) electrons. The number of imidazole rings is 1. The number of Topliss-reactive ketones (excluding diaryl/α,β-unsaturated/α-hetero) is 1. The van der Waals surface area contributed by atoms with Crippen LogP contribution in [0, 0.1) is 22.6 Å². The van der Waals surface area contributed by atoms with Gasteiger partial charge in [0.1, 0.15) is 17.6 Å². The lowest BCUT2D eigenvalue weighted by Gasteiger charge is -2.26. The number of nitrogens with zero attached hydrogens (tertiary/aromatic N) is 3. The number of rotatable bonds is 1. The third-order valence-electron chi connectivity index (χ3n) is 3.88. The van der Waals surface area contributed by atoms with E-state index in [4.69, 9.17) is 5.26 Å². The molecule has 0 amide bonds. The van der Waals surface area contributed by atoms with Gasteiger partial charge in [-0.3, -0.25) is 4.79 Å². The number of ketones is 1. The number of hydrogen-bond acceptors (Lipinski definition) is 3. The van der Waals surface area contributed by atoms with E-state index in [1.165, 1.54) is 18.3 Å². The fraction of sp³-hybridized carbons (Fsp3) is 0.267. The molecule has 20 heavy (non-hydrogen) atoms. The van der Waals surface area contributed by atoms with Gasteiger partial charge in [-0.2, -0.15) is 5.26 Å². The first kappa shape index (κ1) is 12.5. The van der Waals surface area contributed by atoms with Gasteiger partial charge in [0, 0.05) is 0 Å². The number of carbonyl (C=O) groups excluding carboxylic acids is 1. The largest absolute Gasteiger partial charge is 0.320 e. The average molecular weight is 269 g/mol. The number of carbonyl (C=O) groups is 1. The number of benzene rings is 1. The first-order valence-electron chi connectivity index (χ1n) is 6.23. The lowest BCUT2D eigenvalue weighted by Crippen LogP contribution is -2.26. The summed E-state index contributed by atoms with van der Waals surface area (Å²) >= 11 is 0. The Morgan fingerprint density at radius 1 is 1.45 bits per heavy atom. The molecule has 5 heteroatoms. The van der Waals surface area contributed by atoms with Crippen molar-refractivity contribution in [1.82, 2.24) is 9.55 Å². The molecule has 1 aromatic heterocycles. The predicted octanol–water partition coefficient (Wildman–Crippen LogP) is 2.71. The normalized spacial score (nSPS) is 19.7. The fourth-order valence-electron chi connectivity index (χ4n) is 2.86. The number of fused-ring (bicyclic) bond motifs is 1. The van der Waals surface area contributed by atoms with Gasteiger partial charge in [0.05, 0.1) is 29.5 Å². The Labute approximate surface area is 115 Å². The minimum Gasteiger partial charge on any atom is -0.320 e. The van der Waals surface area contributed by atoms with Crippen LogP contribution in [0.4, 0.5) is 4.39 Å². The van der Waals surface area contributed by atoms with E-state index in [9.17, 15) is 9.18 Å². The third-order valence-corrected chi connectivity index (χ3v) is 3.88. The molecule has 2 heterocycles. The van der Waals surface area contributed by atoms with Crippen molar-refractivity contribution in [3.8, 4) is 6.07 Å². The summed E-state index contributed by atoms with van der Waals surface area (Å²) in [6.45, 7) is 3.67. The van der Waals surface area contributed by atoms with E-state index in [1.54, 1.807) is 23.0 Å². The summed E-state index contributed by atoms with van der Waals surface area (Å²) in [5, 5.41) is 8.78. The van der Waals surface area contributed by atoms with Crippen LogP contribution in [0.3, 0.4) is 0 Å². The van der Waals surface area contributed by atoms with E-state index in [0.29, 0.717) is 11.3 Å². The summed E-state index contributed by atoms with van der Waals surface area (Å²) in [5.74, 6) is -0.577. The lowest BCUT2D eigenvalue weighted by molar-refractivity contribution is 0.0840. The molecule has 100 valence electrons. The van der Waals surface area contributed by atoms with Crippen molar-refractivity contribution in [1.29, 1.82) is 5.26 Å². The lowest BCUT2D eigenvalue weighted by atomic mass is 9.79. The highest BCUT2D eigenvalue weighted by atomic mass is 19.1. The Kier molecular flexibility index (Phi) is 2.51. The molecular weight excluding hydrogens is 257 g/mol. The van der Waals surface area contributed by atoms with Crippen LogP contribution in [0.1, 0.15) is 41.5 Å². The van der Waals surface area contributed by atoms with Gasteiger partial charge in [-0.1, -0.05) is 19.9 Å². The Morgan fingerprint density at radius 2 is 2.20 bits per heavy atom. The van der Waals surface area contributed by atoms with E-state index < -0.39 is 11.2 Å². The van der Waals surface area contributed by atoms with Crippen molar-refractivity contribution < 1.29 is 9.18 Å². The first-order chi connectivity index (χ1) is 9.46. The fourth-order valence-corrected chi connectivity index (χ4v) is 2.86. The summed E-state index contributed by atoms with van der Waals surface area (Å²) in [6.07, 6.45) is 3.12. The molecule has 2 aromatic rings. The molecule has 4 nitrogen and oxygen atoms in total. The van der Waals surface area contributed by atoms with E-state index in [0.717, 1.165) is 0 Å². The maximum absolute atomic E-state index is 13.8. The smallest absolute Gasteiger partial charge is 0.188 e. The summed E-state index contributed by atoms with van der Waals surface area (Å²) in [6, 6.07) is 5.95. The molecule has 0 bridgehead atoms. The number of aromatic nitrogens is 2. The number of halogens is 1. The number of hydrogen-bond donors (Lipinski definition) is 0.